The summed E-state index contributed by atoms with van der Waals surface area (Å²) in [4.78, 5) is 4.51. The summed E-state index contributed by atoms with van der Waals surface area (Å²) in [6.07, 6.45) is -0.703. The highest BCUT2D eigenvalue weighted by Crippen LogP contribution is 2.20. The molecule has 2 heterocycles. The van der Waals surface area contributed by atoms with E-state index in [1.807, 2.05) is 0 Å². The molecule has 0 aromatic rings. The Kier molecular flexibility index (Phi) is 3.77. The number of aliphatic hydroxyl groups excluding tert-OH is 1. The lowest BCUT2D eigenvalue weighted by Crippen LogP contribution is -2.54. The van der Waals surface area contributed by atoms with Gasteiger partial charge in [-0.05, 0) is 13.8 Å². The molecule has 0 radical (unpaired) electrons. The predicted octanol–water partition coefficient (Wildman–Crippen LogP) is -0.830. The van der Waals surface area contributed by atoms with E-state index in [0.29, 0.717) is 6.04 Å². The number of sulfone groups is 1. The monoisotopic (exact) mass is 262 g/mol. The Bertz CT molecular complexity index is 361. The van der Waals surface area contributed by atoms with Gasteiger partial charge in [-0.25, -0.2) is 8.42 Å². The minimum absolute atomic E-state index is 0.0674. The van der Waals surface area contributed by atoms with Crippen LogP contribution in [0.5, 0.6) is 0 Å². The Morgan fingerprint density at radius 3 is 2.12 bits per heavy atom. The molecule has 6 heteroatoms. The standard InChI is InChI=1S/C11H22N2O3S/c1-9(2)12-3-5-13(6-4-12)10-7-17(15,16)8-11(10)14/h9-11,14H,3-8H2,1-2H3/t10-,11-/m1/s1. The molecule has 0 aromatic carbocycles. The van der Waals surface area contributed by atoms with Crippen molar-refractivity contribution in [3.05, 3.63) is 0 Å². The van der Waals surface area contributed by atoms with Crippen LogP contribution in [0.2, 0.25) is 0 Å². The first-order valence-corrected chi connectivity index (χ1v) is 8.08. The number of nitrogens with zero attached hydrogens (tertiary/aromatic N) is 2. The van der Waals surface area contributed by atoms with E-state index >= 15 is 0 Å². The Balaban J connectivity index is 1.93. The zero-order valence-electron chi connectivity index (χ0n) is 10.5. The van der Waals surface area contributed by atoms with Crippen LogP contribution >= 0.6 is 0 Å². The molecule has 2 fully saturated rings. The van der Waals surface area contributed by atoms with Crippen LogP contribution in [0.25, 0.3) is 0 Å². The second-order valence-electron chi connectivity index (χ2n) is 5.38. The van der Waals surface area contributed by atoms with Crippen LogP contribution in [0, 0.1) is 0 Å². The van der Waals surface area contributed by atoms with Crippen LogP contribution in [-0.4, -0.2) is 79.2 Å². The van der Waals surface area contributed by atoms with Crippen molar-refractivity contribution in [1.29, 1.82) is 0 Å². The molecule has 0 bridgehead atoms. The maximum absolute atomic E-state index is 11.5. The molecule has 1 N–H and O–H groups in total. The van der Waals surface area contributed by atoms with Crippen LogP contribution in [0.1, 0.15) is 13.8 Å². The summed E-state index contributed by atoms with van der Waals surface area (Å²) in [7, 11) is -3.03. The highest BCUT2D eigenvalue weighted by atomic mass is 32.2. The summed E-state index contributed by atoms with van der Waals surface area (Å²) >= 11 is 0. The minimum atomic E-state index is -3.03. The summed E-state index contributed by atoms with van der Waals surface area (Å²) in [5, 5.41) is 9.82. The van der Waals surface area contributed by atoms with Crippen molar-refractivity contribution in [2.24, 2.45) is 0 Å². The van der Waals surface area contributed by atoms with E-state index in [-0.39, 0.29) is 17.5 Å². The van der Waals surface area contributed by atoms with E-state index in [2.05, 4.69) is 23.6 Å². The van der Waals surface area contributed by atoms with E-state index in [0.717, 1.165) is 26.2 Å². The number of aliphatic hydroxyl groups is 1. The van der Waals surface area contributed by atoms with Crippen LogP contribution < -0.4 is 0 Å². The molecule has 0 spiro atoms. The van der Waals surface area contributed by atoms with Gasteiger partial charge >= 0.3 is 0 Å². The van der Waals surface area contributed by atoms with E-state index < -0.39 is 15.9 Å². The molecule has 2 atom stereocenters. The zero-order chi connectivity index (χ0) is 12.6. The van der Waals surface area contributed by atoms with Gasteiger partial charge in [0.2, 0.25) is 0 Å². The molecule has 2 aliphatic rings. The molecule has 5 nitrogen and oxygen atoms in total. The summed E-state index contributed by atoms with van der Waals surface area (Å²) in [6, 6.07) is 0.351. The first-order chi connectivity index (χ1) is 7.89. The summed E-state index contributed by atoms with van der Waals surface area (Å²) in [5.41, 5.74) is 0. The minimum Gasteiger partial charge on any atom is -0.390 e. The molecule has 0 aliphatic carbocycles. The summed E-state index contributed by atoms with van der Waals surface area (Å²) in [6.45, 7) is 7.97. The second kappa shape index (κ2) is 4.84. The average Bonchev–Trinajstić information content (AvgIpc) is 2.52. The molecule has 17 heavy (non-hydrogen) atoms. The van der Waals surface area contributed by atoms with Gasteiger partial charge in [-0.3, -0.25) is 9.80 Å². The Morgan fingerprint density at radius 2 is 1.71 bits per heavy atom. The van der Waals surface area contributed by atoms with Gasteiger partial charge in [0, 0.05) is 32.2 Å². The predicted molar refractivity (Wildman–Crippen MR) is 66.7 cm³/mol. The van der Waals surface area contributed by atoms with Gasteiger partial charge in [0.15, 0.2) is 9.84 Å². The lowest BCUT2D eigenvalue weighted by molar-refractivity contribution is 0.0360. The third-order valence-electron chi connectivity index (χ3n) is 3.84. The van der Waals surface area contributed by atoms with Crippen LogP contribution in [0.15, 0.2) is 0 Å². The highest BCUT2D eigenvalue weighted by molar-refractivity contribution is 7.91. The van der Waals surface area contributed by atoms with E-state index in [9.17, 15) is 13.5 Å². The molecule has 0 unspecified atom stereocenters. The molecular formula is C11H22N2O3S. The second-order valence-corrected chi connectivity index (χ2v) is 7.53. The fraction of sp³-hybridized carbons (Fsp3) is 1.00. The highest BCUT2D eigenvalue weighted by Gasteiger charge is 2.40. The van der Waals surface area contributed by atoms with Gasteiger partial charge in [-0.15, -0.1) is 0 Å². The molecular weight excluding hydrogens is 240 g/mol. The lowest BCUT2D eigenvalue weighted by atomic mass is 10.1. The quantitative estimate of drug-likeness (QED) is 0.704. The Hall–Kier alpha value is -0.170. The largest absolute Gasteiger partial charge is 0.390 e. The Morgan fingerprint density at radius 1 is 1.12 bits per heavy atom. The SMILES string of the molecule is CC(C)N1CCN([C@@H]2CS(=O)(=O)C[C@H]2O)CC1. The number of piperazine rings is 1. The van der Waals surface area contributed by atoms with Crippen molar-refractivity contribution in [3.8, 4) is 0 Å². The van der Waals surface area contributed by atoms with Gasteiger partial charge in [0.05, 0.1) is 23.7 Å². The van der Waals surface area contributed by atoms with Crippen LogP contribution in [0.4, 0.5) is 0 Å². The van der Waals surface area contributed by atoms with Gasteiger partial charge in [0.25, 0.3) is 0 Å². The zero-order valence-corrected chi connectivity index (χ0v) is 11.4. The number of rotatable bonds is 2. The maximum atomic E-state index is 11.5. The first kappa shape index (κ1) is 13.3. The number of hydrogen-bond donors (Lipinski definition) is 1. The van der Waals surface area contributed by atoms with Crippen molar-refractivity contribution >= 4 is 9.84 Å². The molecule has 2 saturated heterocycles. The van der Waals surface area contributed by atoms with E-state index in [1.165, 1.54) is 0 Å². The van der Waals surface area contributed by atoms with Crippen molar-refractivity contribution in [2.45, 2.75) is 32.0 Å². The fourth-order valence-corrected chi connectivity index (χ4v) is 4.58. The van der Waals surface area contributed by atoms with E-state index in [1.54, 1.807) is 0 Å². The maximum Gasteiger partial charge on any atom is 0.154 e. The molecule has 0 aromatic heterocycles. The average molecular weight is 262 g/mol. The Labute approximate surface area is 103 Å². The molecule has 100 valence electrons. The van der Waals surface area contributed by atoms with Crippen molar-refractivity contribution in [3.63, 3.8) is 0 Å². The molecule has 2 aliphatic heterocycles. The third kappa shape index (κ3) is 2.99. The smallest absolute Gasteiger partial charge is 0.154 e. The molecule has 0 amide bonds. The normalized spacial score (nSPS) is 35.5. The van der Waals surface area contributed by atoms with Crippen LogP contribution in [-0.2, 0) is 9.84 Å². The molecule has 2 rings (SSSR count). The van der Waals surface area contributed by atoms with Gasteiger partial charge in [0.1, 0.15) is 0 Å². The van der Waals surface area contributed by atoms with E-state index in [4.69, 9.17) is 0 Å². The summed E-state index contributed by atoms with van der Waals surface area (Å²) < 4.78 is 22.9. The first-order valence-electron chi connectivity index (χ1n) is 6.25. The molecule has 0 saturated carbocycles. The van der Waals surface area contributed by atoms with Gasteiger partial charge in [-0.1, -0.05) is 0 Å². The van der Waals surface area contributed by atoms with Crippen molar-refractivity contribution in [2.75, 3.05) is 37.7 Å². The topological polar surface area (TPSA) is 60.9 Å². The third-order valence-corrected chi connectivity index (χ3v) is 5.54. The van der Waals surface area contributed by atoms with Gasteiger partial charge in [-0.2, -0.15) is 0 Å². The van der Waals surface area contributed by atoms with Gasteiger partial charge < -0.3 is 5.11 Å². The van der Waals surface area contributed by atoms with Crippen molar-refractivity contribution in [1.82, 2.24) is 9.80 Å². The fourth-order valence-electron chi connectivity index (χ4n) is 2.74. The summed E-state index contributed by atoms with van der Waals surface area (Å²) in [5.74, 6) is 0.0535. The number of hydrogen-bond acceptors (Lipinski definition) is 5. The van der Waals surface area contributed by atoms with Crippen molar-refractivity contribution < 1.29 is 13.5 Å². The van der Waals surface area contributed by atoms with Crippen LogP contribution in [0.3, 0.4) is 0 Å². The lowest BCUT2D eigenvalue weighted by Gasteiger charge is -2.40.